The van der Waals surface area contributed by atoms with Gasteiger partial charge in [-0.1, -0.05) is 24.3 Å². The molecule has 2 heterocycles. The summed E-state index contributed by atoms with van der Waals surface area (Å²) in [6.45, 7) is -0.503. The van der Waals surface area contributed by atoms with Gasteiger partial charge in [-0.05, 0) is 40.8 Å². The van der Waals surface area contributed by atoms with Crippen LogP contribution in [0.1, 0.15) is 22.1 Å². The van der Waals surface area contributed by atoms with E-state index in [9.17, 15) is 24.8 Å². The van der Waals surface area contributed by atoms with Crippen LogP contribution in [0.25, 0.3) is 10.1 Å². The molecule has 4 N–H and O–H groups in total. The van der Waals surface area contributed by atoms with Gasteiger partial charge in [-0.2, -0.15) is 0 Å². The molecule has 4 rings (SSSR count). The van der Waals surface area contributed by atoms with Gasteiger partial charge in [0.25, 0.3) is 0 Å². The van der Waals surface area contributed by atoms with Gasteiger partial charge in [0, 0.05) is 16.0 Å². The molecule has 0 aliphatic carbocycles. The van der Waals surface area contributed by atoms with Crippen LogP contribution in [0, 0.1) is 5.82 Å². The summed E-state index contributed by atoms with van der Waals surface area (Å²) in [4.78, 5) is 1.01. The molecule has 1 saturated heterocycles. The van der Waals surface area contributed by atoms with Crippen LogP contribution in [-0.2, 0) is 11.2 Å². The summed E-state index contributed by atoms with van der Waals surface area (Å²) < 4.78 is 21.1. The lowest BCUT2D eigenvalue weighted by molar-refractivity contribution is -0.231. The summed E-state index contributed by atoms with van der Waals surface area (Å²) in [5.41, 5.74) is 0.926. The number of fused-ring (bicyclic) bond motifs is 1. The number of thiophene rings is 1. The van der Waals surface area contributed by atoms with E-state index in [1.807, 2.05) is 30.3 Å². The molecule has 0 bridgehead atoms. The second-order valence-corrected chi connectivity index (χ2v) is 8.20. The number of aliphatic hydroxyl groups excluding tert-OH is 4. The van der Waals surface area contributed by atoms with Crippen molar-refractivity contribution in [2.45, 2.75) is 36.9 Å². The first kappa shape index (κ1) is 19.4. The van der Waals surface area contributed by atoms with E-state index < -0.39 is 37.1 Å². The predicted octanol–water partition coefficient (Wildman–Crippen LogP) is 2.15. The minimum atomic E-state index is -1.47. The van der Waals surface area contributed by atoms with E-state index in [2.05, 4.69) is 0 Å². The topological polar surface area (TPSA) is 90.2 Å². The zero-order chi connectivity index (χ0) is 19.8. The first-order valence-corrected chi connectivity index (χ1v) is 9.86. The molecule has 0 radical (unpaired) electrons. The van der Waals surface area contributed by atoms with E-state index in [-0.39, 0.29) is 5.82 Å². The van der Waals surface area contributed by atoms with Crippen molar-refractivity contribution in [3.05, 3.63) is 70.4 Å². The molecular weight excluding hydrogens is 383 g/mol. The number of aliphatic hydroxyl groups is 4. The lowest BCUT2D eigenvalue weighted by Crippen LogP contribution is -2.55. The maximum absolute atomic E-state index is 14.4. The number of halogens is 1. The summed E-state index contributed by atoms with van der Waals surface area (Å²) in [6, 6.07) is 14.4. The molecule has 3 aromatic rings. The third-order valence-corrected chi connectivity index (χ3v) is 6.25. The first-order chi connectivity index (χ1) is 13.5. The largest absolute Gasteiger partial charge is 0.394 e. The number of benzene rings is 2. The van der Waals surface area contributed by atoms with Crippen molar-refractivity contribution in [1.82, 2.24) is 0 Å². The van der Waals surface area contributed by atoms with Crippen LogP contribution >= 0.6 is 11.3 Å². The van der Waals surface area contributed by atoms with Gasteiger partial charge in [0.2, 0.25) is 0 Å². The second-order valence-electron chi connectivity index (χ2n) is 7.03. The van der Waals surface area contributed by atoms with E-state index in [1.165, 1.54) is 12.1 Å². The Hall–Kier alpha value is -1.87. The fourth-order valence-electron chi connectivity index (χ4n) is 3.60. The lowest BCUT2D eigenvalue weighted by Gasteiger charge is -2.40. The van der Waals surface area contributed by atoms with Crippen molar-refractivity contribution < 1.29 is 29.6 Å². The summed E-state index contributed by atoms with van der Waals surface area (Å²) in [7, 11) is 0. The van der Waals surface area contributed by atoms with Crippen LogP contribution in [0.2, 0.25) is 0 Å². The molecule has 2 aromatic carbocycles. The first-order valence-electron chi connectivity index (χ1n) is 9.04. The third kappa shape index (κ3) is 3.57. The van der Waals surface area contributed by atoms with Crippen molar-refractivity contribution in [2.75, 3.05) is 6.61 Å². The lowest BCUT2D eigenvalue weighted by atomic mass is 9.90. The normalized spacial score (nSPS) is 28.0. The molecule has 148 valence electrons. The molecule has 0 saturated carbocycles. The number of hydrogen-bond acceptors (Lipinski definition) is 6. The Morgan fingerprint density at radius 1 is 0.964 bits per heavy atom. The van der Waals surface area contributed by atoms with E-state index in [4.69, 9.17) is 4.74 Å². The highest BCUT2D eigenvalue weighted by Gasteiger charge is 2.44. The molecule has 7 heteroatoms. The Bertz CT molecular complexity index is 939. The molecule has 1 aromatic heterocycles. The minimum absolute atomic E-state index is 0.370. The highest BCUT2D eigenvalue weighted by Crippen LogP contribution is 2.34. The van der Waals surface area contributed by atoms with Gasteiger partial charge < -0.3 is 25.2 Å². The standard InChI is InChI=1S/C21H21FO5S/c22-15-6-5-12(21-20(26)19(25)18(24)16(10-23)27-21)7-13(15)9-14-8-11-3-1-2-4-17(11)28-14/h1-8,16,18-21,23-26H,9-10H2/t16-,18+,19+,20+,21+/m1/s1. The molecular formula is C21H21FO5S. The summed E-state index contributed by atoms with van der Waals surface area (Å²) in [5.74, 6) is -0.370. The zero-order valence-electron chi connectivity index (χ0n) is 14.9. The van der Waals surface area contributed by atoms with Crippen LogP contribution in [0.3, 0.4) is 0 Å². The Morgan fingerprint density at radius 2 is 1.75 bits per heavy atom. The van der Waals surface area contributed by atoms with Crippen molar-refractivity contribution in [3.63, 3.8) is 0 Å². The van der Waals surface area contributed by atoms with Gasteiger partial charge in [0.15, 0.2) is 0 Å². The fraction of sp³-hybridized carbons (Fsp3) is 0.333. The Kier molecular flexibility index (Phi) is 5.46. The maximum atomic E-state index is 14.4. The van der Waals surface area contributed by atoms with Crippen molar-refractivity contribution in [2.24, 2.45) is 0 Å². The maximum Gasteiger partial charge on any atom is 0.126 e. The van der Waals surface area contributed by atoms with Crippen LogP contribution in [0.4, 0.5) is 4.39 Å². The SMILES string of the molecule is OC[C@H]1O[C@@H](c2ccc(F)c(Cc3cc4ccccc4s3)c2)[C@@H](O)[C@@H](O)[C@H]1O. The highest BCUT2D eigenvalue weighted by molar-refractivity contribution is 7.19. The number of ether oxygens (including phenoxy) is 1. The second kappa shape index (κ2) is 7.87. The smallest absolute Gasteiger partial charge is 0.126 e. The number of hydrogen-bond donors (Lipinski definition) is 4. The van der Waals surface area contributed by atoms with Crippen molar-refractivity contribution in [1.29, 1.82) is 0 Å². The quantitative estimate of drug-likeness (QED) is 0.535. The van der Waals surface area contributed by atoms with Gasteiger partial charge in [-0.15, -0.1) is 11.3 Å². The van der Waals surface area contributed by atoms with Gasteiger partial charge in [0.1, 0.15) is 36.3 Å². The van der Waals surface area contributed by atoms with Gasteiger partial charge in [-0.3, -0.25) is 0 Å². The molecule has 5 nitrogen and oxygen atoms in total. The molecule has 28 heavy (non-hydrogen) atoms. The minimum Gasteiger partial charge on any atom is -0.394 e. The highest BCUT2D eigenvalue weighted by atomic mass is 32.1. The van der Waals surface area contributed by atoms with Crippen LogP contribution in [0.5, 0.6) is 0 Å². The van der Waals surface area contributed by atoms with E-state index >= 15 is 0 Å². The van der Waals surface area contributed by atoms with Gasteiger partial charge in [0.05, 0.1) is 6.61 Å². The Labute approximate surface area is 165 Å². The number of rotatable bonds is 4. The summed E-state index contributed by atoms with van der Waals surface area (Å²) in [5, 5.41) is 40.7. The molecule has 1 fully saturated rings. The van der Waals surface area contributed by atoms with E-state index in [0.717, 1.165) is 15.0 Å². The molecule has 1 aliphatic rings. The fourth-order valence-corrected chi connectivity index (χ4v) is 4.68. The van der Waals surface area contributed by atoms with Crippen LogP contribution < -0.4 is 0 Å². The van der Waals surface area contributed by atoms with Crippen molar-refractivity contribution >= 4 is 21.4 Å². The van der Waals surface area contributed by atoms with Crippen molar-refractivity contribution in [3.8, 4) is 0 Å². The molecule has 5 atom stereocenters. The van der Waals surface area contributed by atoms with E-state index in [1.54, 1.807) is 17.4 Å². The van der Waals surface area contributed by atoms with Crippen LogP contribution in [-0.4, -0.2) is 51.4 Å². The Balaban J connectivity index is 1.63. The van der Waals surface area contributed by atoms with Gasteiger partial charge in [-0.25, -0.2) is 4.39 Å². The molecule has 0 spiro atoms. The zero-order valence-corrected chi connectivity index (χ0v) is 15.7. The predicted molar refractivity (Wildman–Crippen MR) is 104 cm³/mol. The molecule has 0 unspecified atom stereocenters. The average Bonchev–Trinajstić information content (AvgIpc) is 3.11. The summed E-state index contributed by atoms with van der Waals surface area (Å²) >= 11 is 1.59. The van der Waals surface area contributed by atoms with E-state index in [0.29, 0.717) is 17.5 Å². The molecule has 1 aliphatic heterocycles. The third-order valence-electron chi connectivity index (χ3n) is 5.13. The monoisotopic (exact) mass is 404 g/mol. The Morgan fingerprint density at radius 3 is 2.50 bits per heavy atom. The average molecular weight is 404 g/mol. The van der Waals surface area contributed by atoms with Gasteiger partial charge >= 0.3 is 0 Å². The summed E-state index contributed by atoms with van der Waals surface area (Å²) in [6.07, 6.45) is -5.87. The molecule has 0 amide bonds. The van der Waals surface area contributed by atoms with Crippen LogP contribution in [0.15, 0.2) is 48.5 Å².